The van der Waals surface area contributed by atoms with E-state index in [0.29, 0.717) is 13.1 Å². The maximum atomic E-state index is 12.2. The number of likely N-dealkylation sites (tertiary alicyclic amines) is 1. The predicted octanol–water partition coefficient (Wildman–Crippen LogP) is 3.92. The minimum Gasteiger partial charge on any atom is -0.444 e. The highest BCUT2D eigenvalue weighted by Crippen LogP contribution is 2.38. The van der Waals surface area contributed by atoms with Crippen LogP contribution in [0.15, 0.2) is 0 Å². The van der Waals surface area contributed by atoms with Crippen LogP contribution in [0.3, 0.4) is 0 Å². The Morgan fingerprint density at radius 3 is 2.14 bits per heavy atom. The van der Waals surface area contributed by atoms with Gasteiger partial charge in [-0.2, -0.15) is 0 Å². The summed E-state index contributed by atoms with van der Waals surface area (Å²) in [6.45, 7) is 24.6. The summed E-state index contributed by atoms with van der Waals surface area (Å²) in [6.07, 6.45) is -0.576. The molecular weight excluding hydrogens is 296 g/mol. The van der Waals surface area contributed by atoms with Crippen molar-refractivity contribution < 1.29 is 14.0 Å². The molecule has 1 aliphatic rings. The Hall–Kier alpha value is -1.06. The van der Waals surface area contributed by atoms with Crippen molar-refractivity contribution in [3.05, 3.63) is 11.4 Å². The van der Waals surface area contributed by atoms with E-state index >= 15 is 0 Å². The molecule has 2 atom stereocenters. The van der Waals surface area contributed by atoms with Gasteiger partial charge in [0.1, 0.15) is 18.2 Å². The SMILES string of the molecule is [C-]#[N+][C@H]1CN(C(=O)OC(C)(C)C)C[C@@H]1O[Si](C)(C)C(C)(C)C. The minimum absolute atomic E-state index is 0.0823. The average Bonchev–Trinajstić information content (AvgIpc) is 2.67. The highest BCUT2D eigenvalue weighted by Gasteiger charge is 2.47. The molecule has 5 nitrogen and oxygen atoms in total. The normalized spacial score (nSPS) is 23.3. The summed E-state index contributed by atoms with van der Waals surface area (Å²) in [4.78, 5) is 17.5. The molecule has 0 bridgehead atoms. The summed E-state index contributed by atoms with van der Waals surface area (Å²) >= 11 is 0. The summed E-state index contributed by atoms with van der Waals surface area (Å²) in [5.41, 5.74) is -0.525. The molecule has 0 aromatic heterocycles. The van der Waals surface area contributed by atoms with Crippen LogP contribution < -0.4 is 0 Å². The van der Waals surface area contributed by atoms with Gasteiger partial charge in [-0.3, -0.25) is 4.90 Å². The topological polar surface area (TPSA) is 43.1 Å². The molecule has 0 unspecified atom stereocenters. The van der Waals surface area contributed by atoms with E-state index in [4.69, 9.17) is 15.7 Å². The Bertz CT molecular complexity index is 457. The predicted molar refractivity (Wildman–Crippen MR) is 90.3 cm³/mol. The van der Waals surface area contributed by atoms with Crippen molar-refractivity contribution in [2.45, 2.75) is 77.4 Å². The molecule has 0 N–H and O–H groups in total. The minimum atomic E-state index is -1.96. The van der Waals surface area contributed by atoms with Gasteiger partial charge in [0.25, 0.3) is 6.04 Å². The van der Waals surface area contributed by atoms with E-state index in [-0.39, 0.29) is 23.3 Å². The van der Waals surface area contributed by atoms with Gasteiger partial charge in [0.05, 0.1) is 6.54 Å². The van der Waals surface area contributed by atoms with Crippen LogP contribution in [0.2, 0.25) is 18.1 Å². The number of amides is 1. The van der Waals surface area contributed by atoms with Gasteiger partial charge >= 0.3 is 6.09 Å². The van der Waals surface area contributed by atoms with E-state index in [1.54, 1.807) is 4.90 Å². The molecule has 22 heavy (non-hydrogen) atoms. The molecule has 1 aliphatic heterocycles. The van der Waals surface area contributed by atoms with Crippen LogP contribution in [0.25, 0.3) is 4.85 Å². The molecule has 0 radical (unpaired) electrons. The smallest absolute Gasteiger partial charge is 0.410 e. The van der Waals surface area contributed by atoms with E-state index in [1.807, 2.05) is 20.8 Å². The zero-order valence-electron chi connectivity index (χ0n) is 15.2. The first-order valence-corrected chi connectivity index (χ1v) is 10.7. The largest absolute Gasteiger partial charge is 0.444 e. The molecule has 1 heterocycles. The van der Waals surface area contributed by atoms with Crippen LogP contribution in [0.5, 0.6) is 0 Å². The Morgan fingerprint density at radius 2 is 1.73 bits per heavy atom. The van der Waals surface area contributed by atoms with Crippen molar-refractivity contribution in [3.63, 3.8) is 0 Å². The van der Waals surface area contributed by atoms with Gasteiger partial charge in [0, 0.05) is 0 Å². The van der Waals surface area contributed by atoms with Gasteiger partial charge in [-0.25, -0.2) is 11.4 Å². The molecule has 6 heteroatoms. The fraction of sp³-hybridized carbons (Fsp3) is 0.875. The number of ether oxygens (including phenoxy) is 1. The number of rotatable bonds is 2. The van der Waals surface area contributed by atoms with Crippen LogP contribution in [-0.4, -0.2) is 50.1 Å². The van der Waals surface area contributed by atoms with Crippen molar-refractivity contribution in [2.75, 3.05) is 13.1 Å². The molecule has 126 valence electrons. The average molecular weight is 327 g/mol. The second-order valence-electron chi connectivity index (χ2n) is 8.50. The van der Waals surface area contributed by atoms with E-state index in [9.17, 15) is 4.79 Å². The molecular formula is C16H30N2O3Si. The van der Waals surface area contributed by atoms with Gasteiger partial charge in [-0.05, 0) is 38.9 Å². The summed E-state index contributed by atoms with van der Waals surface area (Å²) in [5.74, 6) is 0. The quantitative estimate of drug-likeness (QED) is 0.571. The molecule has 0 spiro atoms. The Kier molecular flexibility index (Phi) is 5.36. The van der Waals surface area contributed by atoms with Gasteiger partial charge in [-0.1, -0.05) is 20.8 Å². The van der Waals surface area contributed by atoms with Gasteiger partial charge in [0.2, 0.25) is 0 Å². The third kappa shape index (κ3) is 4.72. The highest BCUT2D eigenvalue weighted by molar-refractivity contribution is 6.74. The van der Waals surface area contributed by atoms with Crippen LogP contribution in [-0.2, 0) is 9.16 Å². The first-order valence-electron chi connectivity index (χ1n) is 7.79. The van der Waals surface area contributed by atoms with Crippen molar-refractivity contribution in [2.24, 2.45) is 0 Å². The maximum Gasteiger partial charge on any atom is 0.410 e. The van der Waals surface area contributed by atoms with Gasteiger partial charge in [0.15, 0.2) is 8.32 Å². The Morgan fingerprint density at radius 1 is 1.18 bits per heavy atom. The maximum absolute atomic E-state index is 12.2. The van der Waals surface area contributed by atoms with Gasteiger partial charge in [-0.15, -0.1) is 0 Å². The second kappa shape index (κ2) is 6.21. The second-order valence-corrected chi connectivity index (χ2v) is 13.3. The van der Waals surface area contributed by atoms with Crippen LogP contribution in [0, 0.1) is 6.57 Å². The number of hydrogen-bond acceptors (Lipinski definition) is 3. The van der Waals surface area contributed by atoms with E-state index in [1.165, 1.54) is 0 Å². The third-order valence-electron chi connectivity index (χ3n) is 4.31. The first kappa shape index (κ1) is 19.0. The molecule has 1 rings (SSSR count). The summed E-state index contributed by atoms with van der Waals surface area (Å²) in [5, 5.41) is 0.0823. The number of nitrogens with zero attached hydrogens (tertiary/aromatic N) is 2. The summed E-state index contributed by atoms with van der Waals surface area (Å²) in [6, 6.07) is -0.304. The zero-order valence-corrected chi connectivity index (χ0v) is 16.2. The zero-order chi connectivity index (χ0) is 17.3. The van der Waals surface area contributed by atoms with E-state index in [2.05, 4.69) is 38.7 Å². The van der Waals surface area contributed by atoms with Crippen LogP contribution in [0.4, 0.5) is 4.79 Å². The monoisotopic (exact) mass is 326 g/mol. The molecule has 0 aromatic rings. The molecule has 0 aliphatic carbocycles. The first-order chi connectivity index (χ1) is 9.77. The molecule has 1 amide bonds. The van der Waals surface area contributed by atoms with Crippen molar-refractivity contribution >= 4 is 14.4 Å². The van der Waals surface area contributed by atoms with Crippen LogP contribution >= 0.6 is 0 Å². The molecule has 0 saturated carbocycles. The lowest BCUT2D eigenvalue weighted by molar-refractivity contribution is 0.0273. The number of carbonyl (C=O) groups is 1. The molecule has 1 fully saturated rings. The van der Waals surface area contributed by atoms with Crippen molar-refractivity contribution in [3.8, 4) is 0 Å². The third-order valence-corrected chi connectivity index (χ3v) is 8.81. The number of carbonyl (C=O) groups excluding carboxylic acids is 1. The van der Waals surface area contributed by atoms with Crippen molar-refractivity contribution in [1.82, 2.24) is 4.90 Å². The van der Waals surface area contributed by atoms with Crippen molar-refractivity contribution in [1.29, 1.82) is 0 Å². The molecule has 0 aromatic carbocycles. The van der Waals surface area contributed by atoms with Gasteiger partial charge < -0.3 is 14.0 Å². The van der Waals surface area contributed by atoms with E-state index in [0.717, 1.165) is 0 Å². The standard InChI is InChI=1S/C16H30N2O3Si/c1-15(2,3)20-14(19)18-10-12(17-7)13(11-18)21-22(8,9)16(4,5)6/h12-13H,10-11H2,1-6,8-9H3/t12-,13-/m0/s1. The number of hydrogen-bond donors (Lipinski definition) is 0. The summed E-state index contributed by atoms with van der Waals surface area (Å²) < 4.78 is 11.8. The lowest BCUT2D eigenvalue weighted by Crippen LogP contribution is -2.46. The van der Waals surface area contributed by atoms with E-state index < -0.39 is 13.9 Å². The fourth-order valence-corrected chi connectivity index (χ4v) is 3.37. The lowest BCUT2D eigenvalue weighted by atomic mass is 10.2. The fourth-order valence-electron chi connectivity index (χ4n) is 2.03. The molecule has 1 saturated heterocycles. The highest BCUT2D eigenvalue weighted by atomic mass is 28.4. The Balaban J connectivity index is 2.79. The lowest BCUT2D eigenvalue weighted by Gasteiger charge is -2.38. The Labute approximate surface area is 135 Å². The summed E-state index contributed by atoms with van der Waals surface area (Å²) in [7, 11) is -1.96. The van der Waals surface area contributed by atoms with Crippen LogP contribution in [0.1, 0.15) is 41.5 Å².